The van der Waals surface area contributed by atoms with Crippen molar-refractivity contribution in [1.29, 1.82) is 0 Å². The Labute approximate surface area is 429 Å². The fourth-order valence-corrected chi connectivity index (χ4v) is 5.89. The number of amides is 1. The fourth-order valence-electron chi connectivity index (χ4n) is 5.89. The third kappa shape index (κ3) is 15.7. The molecule has 72 heavy (non-hydrogen) atoms. The number of nitrogens with two attached hydrogens (primary N) is 2. The van der Waals surface area contributed by atoms with Crippen molar-refractivity contribution < 1.29 is 76.0 Å². The maximum Gasteiger partial charge on any atom is 1.00 e. The number of aliphatic hydroxyl groups excluding tert-OH is 1. The molecule has 4 aromatic carbocycles. The van der Waals surface area contributed by atoms with Gasteiger partial charge < -0.3 is 43.6 Å². The van der Waals surface area contributed by atoms with Gasteiger partial charge in [0.25, 0.3) is 11.1 Å². The number of nitrogen functional groups attached to an aromatic ring is 2. The Balaban J connectivity index is 0.000000310. The monoisotopic (exact) mass is 994 g/mol. The van der Waals surface area contributed by atoms with Gasteiger partial charge in [0.1, 0.15) is 0 Å². The molecule has 8 rings (SSSR count). The quantitative estimate of drug-likeness (QED) is 0.0261. The van der Waals surface area contributed by atoms with Crippen LogP contribution in [0.4, 0.5) is 27.7 Å². The van der Waals surface area contributed by atoms with E-state index >= 15 is 0 Å². The van der Waals surface area contributed by atoms with Gasteiger partial charge in [-0.2, -0.15) is 9.97 Å². The number of nitrogens with zero attached hydrogens (tertiary/aromatic N) is 9. The number of hydrogen-bond acceptors (Lipinski definition) is 18. The van der Waals surface area contributed by atoms with Crippen molar-refractivity contribution in [2.45, 2.75) is 25.3 Å². The van der Waals surface area contributed by atoms with E-state index in [9.17, 15) is 38.3 Å². The molecule has 0 spiro atoms. The summed E-state index contributed by atoms with van der Waals surface area (Å²) in [6.07, 6.45) is 0.149. The van der Waals surface area contributed by atoms with Crippen LogP contribution in [0.1, 0.15) is 58.2 Å². The molecule has 0 aliphatic rings. The predicted octanol–water partition coefficient (Wildman–Crippen LogP) is 1.75. The number of esters is 1. The first-order valence-electron chi connectivity index (χ1n) is 20.9. The first-order valence-corrected chi connectivity index (χ1v) is 20.2. The van der Waals surface area contributed by atoms with Crippen LogP contribution in [-0.4, -0.2) is 86.2 Å². The maximum atomic E-state index is 12.4. The van der Waals surface area contributed by atoms with Gasteiger partial charge in [0.2, 0.25) is 23.9 Å². The Kier molecular flexibility index (Phi) is 20.2. The molecule has 4 heterocycles. The van der Waals surface area contributed by atoms with Crippen molar-refractivity contribution in [2.75, 3.05) is 29.3 Å². The number of anilines is 4. The van der Waals surface area contributed by atoms with Crippen molar-refractivity contribution >= 4 is 69.4 Å². The van der Waals surface area contributed by atoms with Crippen molar-refractivity contribution in [3.63, 3.8) is 0 Å². The number of alkyl halides is 1. The van der Waals surface area contributed by atoms with Gasteiger partial charge in [0.15, 0.2) is 28.4 Å². The largest absolute Gasteiger partial charge is 1.00 e. The van der Waals surface area contributed by atoms with Crippen molar-refractivity contribution in [3.8, 4) is 0 Å². The van der Waals surface area contributed by atoms with E-state index in [2.05, 4.69) is 60.5 Å². The number of carbonyl (C=O) groups excluding carboxylic acids is 2. The van der Waals surface area contributed by atoms with E-state index < -0.39 is 54.3 Å². The summed E-state index contributed by atoms with van der Waals surface area (Å²) in [6, 6.07) is 29.2. The second-order valence-electron chi connectivity index (χ2n) is 14.0. The normalized spacial score (nSPS) is 11.1. The molecule has 0 radical (unpaired) electrons. The summed E-state index contributed by atoms with van der Waals surface area (Å²) < 4.78 is 20.7. The SMILES string of the molecule is Nc1nc2ncc(CNc3ccc(C(=O)O[C@H](C(=O)O)c4ccccc4)cc3)nc2c(=O)[nH]1.O=C(O)[C@@H](O)c1ccccc1.[2H]CF.[H-].[N-]=[N+]=NC(=O)c1ccc(NCc2cnc3nc(N)[nH]c(=O)c3n2)cc1.[Na+]. The number of carboxylic acid groups (broad SMARTS) is 2. The minimum Gasteiger partial charge on any atom is -1.00 e. The van der Waals surface area contributed by atoms with E-state index in [1.807, 2.05) is 0 Å². The number of H-pyrrole nitrogens is 2. The summed E-state index contributed by atoms with van der Waals surface area (Å²) in [5.74, 6) is -3.96. The molecule has 364 valence electrons. The van der Waals surface area contributed by atoms with E-state index in [-0.39, 0.29) is 82.9 Å². The van der Waals surface area contributed by atoms with Gasteiger partial charge in [-0.1, -0.05) is 60.7 Å². The number of nitrogens with one attached hydrogen (secondary N) is 4. The molecule has 0 fully saturated rings. The Morgan fingerprint density at radius 1 is 0.736 bits per heavy atom. The van der Waals surface area contributed by atoms with Crippen LogP contribution in [0, 0.1) is 0 Å². The van der Waals surface area contributed by atoms with E-state index in [0.717, 1.165) is 0 Å². The van der Waals surface area contributed by atoms with Gasteiger partial charge in [-0.25, -0.2) is 34.3 Å². The molecule has 0 saturated heterocycles. The molecular formula is C45H41FN15NaO10. The number of carboxylic acids is 2. The van der Waals surface area contributed by atoms with Gasteiger partial charge in [-0.15, -0.1) is 0 Å². The number of aromatic nitrogens is 8. The van der Waals surface area contributed by atoms with Crippen molar-refractivity contribution in [1.82, 2.24) is 39.9 Å². The van der Waals surface area contributed by atoms with Crippen molar-refractivity contribution in [2.24, 2.45) is 5.11 Å². The topological polar surface area (TPSA) is 406 Å². The molecule has 0 aliphatic carbocycles. The molecule has 1 amide bonds. The van der Waals surface area contributed by atoms with Gasteiger partial charge in [0.05, 0.1) is 51.0 Å². The van der Waals surface area contributed by atoms with E-state index in [1.165, 1.54) is 36.7 Å². The Morgan fingerprint density at radius 3 is 1.58 bits per heavy atom. The number of benzene rings is 4. The molecule has 0 saturated carbocycles. The zero-order valence-electron chi connectivity index (χ0n) is 39.6. The first-order chi connectivity index (χ1) is 34.6. The standard InChI is InChI=1S/C22H18N6O5.C14H11N9O2.C8H8O3.CH3F.Na.H/c23-22-27-18-16(19(29)28-22)26-15(11-25-18)10-24-14-8-6-13(7-9-14)21(32)33-17(20(30)31)12-4-2-1-3-5-12;15-14-20-11-10(13(25)21-14)19-9(6-18-11)5-17-8-3-1-7(2-4-8)12(24)22-23-16;9-7(8(10)11)6-4-2-1-3-5-6;1-2;;/h1-9,11,17,24H,10H2,(H,30,31)(H3,23,25,27,28,29);1-4,6,17H,5H2,(H3,15,18,20,21,25);1-5,7,9H,(H,10,11);1H3;;/q;;;;+1;-1/t17-;;7-;;;/m0.0.../s1/i;;;1D;;. The Bertz CT molecular complexity index is 3350. The summed E-state index contributed by atoms with van der Waals surface area (Å²) in [4.78, 5) is 101. The van der Waals surface area contributed by atoms with E-state index in [0.29, 0.717) is 40.4 Å². The number of azide groups is 1. The van der Waals surface area contributed by atoms with Crippen LogP contribution >= 0.6 is 0 Å². The summed E-state index contributed by atoms with van der Waals surface area (Å²) in [5.41, 5.74) is 22.4. The minimum atomic E-state index is -1.41. The predicted molar refractivity (Wildman–Crippen MR) is 255 cm³/mol. The molecule has 27 heteroatoms. The zero-order chi connectivity index (χ0) is 52.2. The van der Waals surface area contributed by atoms with Crippen LogP contribution in [0.5, 0.6) is 0 Å². The Hall–Kier alpha value is -9.20. The number of carbonyl (C=O) groups is 4. The molecule has 0 bridgehead atoms. The molecule has 8 aromatic rings. The fraction of sp³-hybridized carbons (Fsp3) is 0.111. The number of hydrogen-bond donors (Lipinski definition) is 9. The molecule has 4 aromatic heterocycles. The third-order valence-corrected chi connectivity index (χ3v) is 9.21. The number of rotatable bonds is 13. The minimum absolute atomic E-state index is 0. The molecule has 0 unspecified atom stereocenters. The molecule has 25 nitrogen and oxygen atoms in total. The Morgan fingerprint density at radius 2 is 1.17 bits per heavy atom. The summed E-state index contributed by atoms with van der Waals surface area (Å²) >= 11 is 0. The number of halogens is 1. The van der Waals surface area contributed by atoms with E-state index in [1.54, 1.807) is 84.9 Å². The van der Waals surface area contributed by atoms with Crippen LogP contribution in [-0.2, 0) is 27.4 Å². The summed E-state index contributed by atoms with van der Waals surface area (Å²) in [7, 11) is -1.00. The van der Waals surface area contributed by atoms with E-state index in [4.69, 9.17) is 33.3 Å². The second-order valence-corrected chi connectivity index (χ2v) is 14.0. The van der Waals surface area contributed by atoms with Crippen LogP contribution in [0.3, 0.4) is 0 Å². The second kappa shape index (κ2) is 27.1. The van der Waals surface area contributed by atoms with Crippen LogP contribution in [0.15, 0.2) is 136 Å². The van der Waals surface area contributed by atoms with Crippen LogP contribution < -0.4 is 62.8 Å². The molecule has 11 N–H and O–H groups in total. The number of ether oxygens (including phenoxy) is 1. The maximum absolute atomic E-state index is 12.4. The molecule has 0 aliphatic heterocycles. The third-order valence-electron chi connectivity index (χ3n) is 9.21. The summed E-state index contributed by atoms with van der Waals surface area (Å²) in [5, 5.41) is 36.0. The van der Waals surface area contributed by atoms with Gasteiger partial charge in [-0.05, 0) is 64.7 Å². The smallest absolute Gasteiger partial charge is 1.00 e. The average Bonchev–Trinajstić information content (AvgIpc) is 3.38. The first kappa shape index (κ1) is 53.8. The molecular weight excluding hydrogens is 953 g/mol. The van der Waals surface area contributed by atoms with Gasteiger partial charge in [-0.3, -0.25) is 28.7 Å². The number of fused-ring (bicyclic) bond motifs is 2. The number of aliphatic hydroxyl groups is 1. The van der Waals surface area contributed by atoms with Crippen molar-refractivity contribution in [3.05, 3.63) is 186 Å². The number of aliphatic carboxylic acids is 2. The van der Waals surface area contributed by atoms with Crippen LogP contribution in [0.25, 0.3) is 32.8 Å². The number of aromatic amines is 2. The zero-order valence-corrected chi connectivity index (χ0v) is 39.6. The molecule has 2 atom stereocenters. The van der Waals surface area contributed by atoms with Gasteiger partial charge >= 0.3 is 47.5 Å². The van der Waals surface area contributed by atoms with Crippen LogP contribution in [0.2, 0.25) is 0 Å². The van der Waals surface area contributed by atoms with Gasteiger partial charge in [0, 0.05) is 27.4 Å². The summed E-state index contributed by atoms with van der Waals surface area (Å²) in [6.45, 7) is 0.558. The average molecular weight is 995 g/mol.